The van der Waals surface area contributed by atoms with Gasteiger partial charge in [0.15, 0.2) is 0 Å². The molecule has 0 unspecified atom stereocenters. The maximum absolute atomic E-state index is 12.3. The van der Waals surface area contributed by atoms with Crippen LogP contribution in [0.25, 0.3) is 10.9 Å². The molecule has 1 atom stereocenters. The number of methoxy groups -OCH3 is 1. The van der Waals surface area contributed by atoms with E-state index in [0.29, 0.717) is 17.5 Å². The van der Waals surface area contributed by atoms with E-state index in [4.69, 9.17) is 4.74 Å². The van der Waals surface area contributed by atoms with Gasteiger partial charge in [0.25, 0.3) is 0 Å². The molecule has 5 nitrogen and oxygen atoms in total. The van der Waals surface area contributed by atoms with Crippen molar-refractivity contribution in [2.45, 2.75) is 25.8 Å². The summed E-state index contributed by atoms with van der Waals surface area (Å²) in [6.07, 6.45) is 2.83. The lowest BCUT2D eigenvalue weighted by Crippen LogP contribution is -2.29. The zero-order valence-electron chi connectivity index (χ0n) is 14.9. The lowest BCUT2D eigenvalue weighted by atomic mass is 9.96. The molecule has 0 saturated carbocycles. The fourth-order valence-electron chi connectivity index (χ4n) is 2.98. The van der Waals surface area contributed by atoms with Crippen molar-refractivity contribution in [1.82, 2.24) is 10.3 Å². The van der Waals surface area contributed by atoms with Gasteiger partial charge in [-0.2, -0.15) is 0 Å². The predicted octanol–water partition coefficient (Wildman–Crippen LogP) is 3.95. The second-order valence-electron chi connectivity index (χ2n) is 6.10. The van der Waals surface area contributed by atoms with Crippen LogP contribution in [0.4, 0.5) is 0 Å². The first kappa shape index (κ1) is 17.7. The zero-order valence-corrected chi connectivity index (χ0v) is 14.9. The highest BCUT2D eigenvalue weighted by Crippen LogP contribution is 2.35. The van der Waals surface area contributed by atoms with Crippen LogP contribution in [0.15, 0.2) is 54.7 Å². The molecule has 3 rings (SSSR count). The number of hydrogen-bond acceptors (Lipinski definition) is 4. The van der Waals surface area contributed by atoms with Crippen molar-refractivity contribution in [2.75, 3.05) is 7.11 Å². The highest BCUT2D eigenvalue weighted by molar-refractivity contribution is 5.86. The number of amides is 1. The van der Waals surface area contributed by atoms with Crippen molar-refractivity contribution in [2.24, 2.45) is 0 Å². The lowest BCUT2D eigenvalue weighted by molar-refractivity contribution is -0.121. The molecule has 1 aromatic heterocycles. The van der Waals surface area contributed by atoms with Crippen molar-refractivity contribution >= 4 is 16.8 Å². The summed E-state index contributed by atoms with van der Waals surface area (Å²) in [5.74, 6) is 0.756. The van der Waals surface area contributed by atoms with Gasteiger partial charge in [0, 0.05) is 23.6 Å². The van der Waals surface area contributed by atoms with Gasteiger partial charge in [0.1, 0.15) is 17.0 Å². The quantitative estimate of drug-likeness (QED) is 0.706. The molecule has 2 N–H and O–H groups in total. The first-order valence-electron chi connectivity index (χ1n) is 8.64. The van der Waals surface area contributed by atoms with Crippen molar-refractivity contribution in [3.8, 4) is 11.5 Å². The van der Waals surface area contributed by atoms with Crippen molar-refractivity contribution in [1.29, 1.82) is 0 Å². The van der Waals surface area contributed by atoms with Crippen LogP contribution in [0, 0.1) is 0 Å². The Labute approximate surface area is 152 Å². The topological polar surface area (TPSA) is 71.5 Å². The summed E-state index contributed by atoms with van der Waals surface area (Å²) in [6.45, 7) is 1.96. The minimum atomic E-state index is -0.466. The van der Waals surface area contributed by atoms with Gasteiger partial charge >= 0.3 is 0 Å². The Morgan fingerprint density at radius 1 is 1.19 bits per heavy atom. The van der Waals surface area contributed by atoms with Crippen LogP contribution >= 0.6 is 0 Å². The van der Waals surface area contributed by atoms with Crippen LogP contribution in [0.1, 0.15) is 36.9 Å². The van der Waals surface area contributed by atoms with Gasteiger partial charge in [-0.25, -0.2) is 0 Å². The smallest absolute Gasteiger partial charge is 0.220 e. The van der Waals surface area contributed by atoms with Crippen molar-refractivity contribution in [3.63, 3.8) is 0 Å². The van der Waals surface area contributed by atoms with Gasteiger partial charge in [-0.3, -0.25) is 9.78 Å². The molecule has 0 aliphatic heterocycles. The average molecular weight is 350 g/mol. The number of rotatable bonds is 6. The first-order valence-corrected chi connectivity index (χ1v) is 8.64. The highest BCUT2D eigenvalue weighted by atomic mass is 16.5. The SMILES string of the molecule is CCCC(=O)N[C@@H](c1ccc(OC)cc1)c1ccc2cccnc2c1O. The summed E-state index contributed by atoms with van der Waals surface area (Å²) in [6, 6.07) is 14.4. The van der Waals surface area contributed by atoms with Gasteiger partial charge in [0.2, 0.25) is 5.91 Å². The fraction of sp³-hybridized carbons (Fsp3) is 0.238. The second kappa shape index (κ2) is 7.87. The number of pyridine rings is 1. The Morgan fingerprint density at radius 2 is 1.96 bits per heavy atom. The molecule has 0 saturated heterocycles. The maximum atomic E-state index is 12.3. The Hall–Kier alpha value is -3.08. The van der Waals surface area contributed by atoms with E-state index in [2.05, 4.69) is 10.3 Å². The molecule has 3 aromatic rings. The second-order valence-corrected chi connectivity index (χ2v) is 6.10. The molecular weight excluding hydrogens is 328 g/mol. The van der Waals surface area contributed by atoms with Gasteiger partial charge in [-0.1, -0.05) is 37.3 Å². The summed E-state index contributed by atoms with van der Waals surface area (Å²) in [7, 11) is 1.61. The summed E-state index contributed by atoms with van der Waals surface area (Å²) in [5, 5.41) is 14.7. The van der Waals surface area contributed by atoms with Crippen LogP contribution in [-0.4, -0.2) is 23.1 Å². The average Bonchev–Trinajstić information content (AvgIpc) is 2.67. The van der Waals surface area contributed by atoms with Gasteiger partial charge in [-0.15, -0.1) is 0 Å². The summed E-state index contributed by atoms with van der Waals surface area (Å²) >= 11 is 0. The van der Waals surface area contributed by atoms with E-state index in [9.17, 15) is 9.90 Å². The summed E-state index contributed by atoms with van der Waals surface area (Å²) < 4.78 is 5.21. The van der Waals surface area contributed by atoms with E-state index >= 15 is 0 Å². The number of nitrogens with one attached hydrogen (secondary N) is 1. The number of aromatic nitrogens is 1. The van der Waals surface area contributed by atoms with Crippen LogP contribution in [0.5, 0.6) is 11.5 Å². The molecule has 0 bridgehead atoms. The third kappa shape index (κ3) is 3.61. The monoisotopic (exact) mass is 350 g/mol. The van der Waals surface area contributed by atoms with E-state index < -0.39 is 6.04 Å². The zero-order chi connectivity index (χ0) is 18.5. The molecule has 5 heteroatoms. The molecule has 1 heterocycles. The van der Waals surface area contributed by atoms with Crippen LogP contribution in [0.3, 0.4) is 0 Å². The molecule has 134 valence electrons. The Bertz CT molecular complexity index is 907. The molecule has 1 amide bonds. The van der Waals surface area contributed by atoms with E-state index in [1.807, 2.05) is 55.5 Å². The molecule has 0 aliphatic rings. The Kier molecular flexibility index (Phi) is 5.37. The lowest BCUT2D eigenvalue weighted by Gasteiger charge is -2.21. The number of fused-ring (bicyclic) bond motifs is 1. The number of ether oxygens (including phenoxy) is 1. The van der Waals surface area contributed by atoms with Gasteiger partial charge in [0.05, 0.1) is 13.2 Å². The third-order valence-corrected chi connectivity index (χ3v) is 4.32. The normalized spacial score (nSPS) is 11.9. The van der Waals surface area contributed by atoms with E-state index in [1.54, 1.807) is 13.3 Å². The number of phenolic OH excluding ortho intramolecular Hbond substituents is 1. The Morgan fingerprint density at radius 3 is 2.65 bits per heavy atom. The number of nitrogens with zero attached hydrogens (tertiary/aromatic N) is 1. The van der Waals surface area contributed by atoms with Crippen LogP contribution < -0.4 is 10.1 Å². The number of carbonyl (C=O) groups excluding carboxylic acids is 1. The minimum Gasteiger partial charge on any atom is -0.505 e. The van der Waals surface area contributed by atoms with E-state index in [-0.39, 0.29) is 11.7 Å². The van der Waals surface area contributed by atoms with Crippen LogP contribution in [-0.2, 0) is 4.79 Å². The number of hydrogen-bond donors (Lipinski definition) is 2. The summed E-state index contributed by atoms with van der Waals surface area (Å²) in [4.78, 5) is 16.5. The molecule has 0 aliphatic carbocycles. The van der Waals surface area contributed by atoms with Crippen LogP contribution in [0.2, 0.25) is 0 Å². The molecule has 0 fully saturated rings. The summed E-state index contributed by atoms with van der Waals surface area (Å²) in [5.41, 5.74) is 2.00. The number of carbonyl (C=O) groups is 1. The highest BCUT2D eigenvalue weighted by Gasteiger charge is 2.21. The number of phenols is 1. The molecule has 2 aromatic carbocycles. The maximum Gasteiger partial charge on any atom is 0.220 e. The fourth-order valence-corrected chi connectivity index (χ4v) is 2.98. The van der Waals surface area contributed by atoms with E-state index in [0.717, 1.165) is 23.1 Å². The molecule has 0 radical (unpaired) electrons. The number of aromatic hydroxyl groups is 1. The first-order chi connectivity index (χ1) is 12.6. The largest absolute Gasteiger partial charge is 0.505 e. The molecule has 0 spiro atoms. The van der Waals surface area contributed by atoms with Crippen molar-refractivity contribution in [3.05, 3.63) is 65.9 Å². The number of benzene rings is 2. The molecular formula is C21H22N2O3. The Balaban J connectivity index is 2.07. The standard InChI is InChI=1S/C21H22N2O3/c1-3-5-18(24)23-19(15-7-10-16(26-2)11-8-15)17-12-9-14-6-4-13-22-20(14)21(17)25/h4,6-13,19,25H,3,5H2,1-2H3,(H,23,24)/t19-/m0/s1. The van der Waals surface area contributed by atoms with Gasteiger partial charge in [-0.05, 0) is 30.2 Å². The van der Waals surface area contributed by atoms with Crippen molar-refractivity contribution < 1.29 is 14.6 Å². The van der Waals surface area contributed by atoms with E-state index in [1.165, 1.54) is 0 Å². The third-order valence-electron chi connectivity index (χ3n) is 4.32. The van der Waals surface area contributed by atoms with Gasteiger partial charge < -0.3 is 15.2 Å². The minimum absolute atomic E-state index is 0.0613. The predicted molar refractivity (Wildman–Crippen MR) is 101 cm³/mol. The molecule has 26 heavy (non-hydrogen) atoms.